The van der Waals surface area contributed by atoms with Crippen molar-refractivity contribution in [3.05, 3.63) is 46.7 Å². The van der Waals surface area contributed by atoms with E-state index in [1.807, 2.05) is 6.08 Å². The number of halogens is 1. The van der Waals surface area contributed by atoms with E-state index >= 15 is 0 Å². The average Bonchev–Trinajstić information content (AvgIpc) is 3.41. The summed E-state index contributed by atoms with van der Waals surface area (Å²) in [5.41, 5.74) is 0.618. The molecule has 1 aromatic carbocycles. The molecule has 0 bridgehead atoms. The number of hydrogen-bond donors (Lipinski definition) is 3. The van der Waals surface area contributed by atoms with Gasteiger partial charge in [-0.25, -0.2) is 13.4 Å². The van der Waals surface area contributed by atoms with Gasteiger partial charge in [0.2, 0.25) is 5.13 Å². The maximum atomic E-state index is 14.0. The van der Waals surface area contributed by atoms with Gasteiger partial charge in [-0.15, -0.1) is 0 Å². The number of nitrogens with zero attached hydrogens (tertiary/aromatic N) is 1. The van der Waals surface area contributed by atoms with Gasteiger partial charge in [0.15, 0.2) is 15.0 Å². The van der Waals surface area contributed by atoms with Gasteiger partial charge in [-0.3, -0.25) is 10.1 Å². The Morgan fingerprint density at radius 2 is 1.88 bits per heavy atom. The number of allylic oxidation sites excluding steroid dienone is 1. The summed E-state index contributed by atoms with van der Waals surface area (Å²) in [6.07, 6.45) is 5.86. The summed E-state index contributed by atoms with van der Waals surface area (Å²) < 4.78 is 39.0. The predicted molar refractivity (Wildman–Crippen MR) is 119 cm³/mol. The highest BCUT2D eigenvalue weighted by molar-refractivity contribution is 7.92. The number of aliphatic hydroxyl groups is 2. The van der Waals surface area contributed by atoms with Crippen LogP contribution in [0.2, 0.25) is 0 Å². The van der Waals surface area contributed by atoms with Crippen LogP contribution < -0.4 is 5.32 Å². The topological polar surface area (TPSA) is 117 Å². The quantitative estimate of drug-likeness (QED) is 0.498. The lowest BCUT2D eigenvalue weighted by atomic mass is 9.98. The number of benzene rings is 1. The van der Waals surface area contributed by atoms with Gasteiger partial charge in [0.05, 0.1) is 16.8 Å². The minimum Gasteiger partial charge on any atom is -0.393 e. The van der Waals surface area contributed by atoms with Crippen molar-refractivity contribution < 1.29 is 27.8 Å². The Morgan fingerprint density at radius 1 is 1.22 bits per heavy atom. The standard InChI is InChI=1S/C22H25FN2O5S2/c23-20-19(18(27)12-26)24-22(31-20)25-21(28)17(11-13-3-1-2-4-13)14-5-7-15(8-6-14)32(29,30)16-9-10-16/h5-8,11,13,16,18,26-27H,1-4,9-10,12H2,(H,24,25,28)/b17-11+. The highest BCUT2D eigenvalue weighted by Crippen LogP contribution is 2.35. The summed E-state index contributed by atoms with van der Waals surface area (Å²) in [6.45, 7) is -0.684. The van der Waals surface area contributed by atoms with Crippen molar-refractivity contribution in [1.82, 2.24) is 4.98 Å². The lowest BCUT2D eigenvalue weighted by Gasteiger charge is -2.12. The van der Waals surface area contributed by atoms with E-state index in [0.29, 0.717) is 35.3 Å². The van der Waals surface area contributed by atoms with Crippen LogP contribution in [0.5, 0.6) is 0 Å². The average molecular weight is 481 g/mol. The van der Waals surface area contributed by atoms with Crippen LogP contribution in [0.25, 0.3) is 5.57 Å². The number of sulfone groups is 1. The van der Waals surface area contributed by atoms with E-state index in [4.69, 9.17) is 5.11 Å². The van der Waals surface area contributed by atoms with Gasteiger partial charge in [-0.1, -0.05) is 42.4 Å². The normalized spacial score (nSPS) is 18.7. The fourth-order valence-electron chi connectivity index (χ4n) is 3.88. The molecule has 1 aromatic heterocycles. The van der Waals surface area contributed by atoms with Crippen LogP contribution in [0.4, 0.5) is 9.52 Å². The lowest BCUT2D eigenvalue weighted by molar-refractivity contribution is -0.111. The Kier molecular flexibility index (Phi) is 6.75. The van der Waals surface area contributed by atoms with Gasteiger partial charge < -0.3 is 10.2 Å². The number of amides is 1. The Hall–Kier alpha value is -2.14. The van der Waals surface area contributed by atoms with Gasteiger partial charge in [0.1, 0.15) is 11.8 Å². The molecule has 2 saturated carbocycles. The van der Waals surface area contributed by atoms with Crippen molar-refractivity contribution in [3.8, 4) is 0 Å². The number of nitrogens with one attached hydrogen (secondary N) is 1. The lowest BCUT2D eigenvalue weighted by Crippen LogP contribution is -2.15. The molecule has 2 aromatic rings. The van der Waals surface area contributed by atoms with Crippen molar-refractivity contribution in [1.29, 1.82) is 0 Å². The molecular weight excluding hydrogens is 455 g/mol. The van der Waals surface area contributed by atoms with Gasteiger partial charge >= 0.3 is 0 Å². The molecular formula is C22H25FN2O5S2. The van der Waals surface area contributed by atoms with E-state index < -0.39 is 33.6 Å². The predicted octanol–water partition coefficient (Wildman–Crippen LogP) is 3.46. The molecule has 172 valence electrons. The van der Waals surface area contributed by atoms with E-state index in [1.165, 1.54) is 12.1 Å². The van der Waals surface area contributed by atoms with Gasteiger partial charge in [-0.05, 0) is 49.3 Å². The molecule has 0 radical (unpaired) electrons. The second kappa shape index (κ2) is 9.38. The van der Waals surface area contributed by atoms with Gasteiger partial charge in [0, 0.05) is 5.57 Å². The molecule has 0 spiro atoms. The van der Waals surface area contributed by atoms with Crippen LogP contribution in [0.15, 0.2) is 35.2 Å². The number of hydrogen-bond acceptors (Lipinski definition) is 7. The Bertz CT molecular complexity index is 1120. The van der Waals surface area contributed by atoms with Crippen LogP contribution in [0, 0.1) is 11.0 Å². The molecule has 1 unspecified atom stereocenters. The molecule has 0 saturated heterocycles. The summed E-state index contributed by atoms with van der Waals surface area (Å²) >= 11 is 0.570. The molecule has 1 heterocycles. The van der Waals surface area contributed by atoms with Crippen molar-refractivity contribution in [2.45, 2.75) is 54.8 Å². The monoisotopic (exact) mass is 480 g/mol. The molecule has 10 heteroatoms. The molecule has 0 aliphatic heterocycles. The third-order valence-electron chi connectivity index (χ3n) is 5.82. The van der Waals surface area contributed by atoms with E-state index in [9.17, 15) is 22.7 Å². The first-order valence-electron chi connectivity index (χ1n) is 10.6. The summed E-state index contributed by atoms with van der Waals surface area (Å²) in [5, 5.41) is 20.1. The Morgan fingerprint density at radius 3 is 2.47 bits per heavy atom. The first kappa shape index (κ1) is 23.0. The first-order valence-corrected chi connectivity index (χ1v) is 13.0. The second-order valence-corrected chi connectivity index (χ2v) is 11.4. The maximum Gasteiger partial charge on any atom is 0.257 e. The minimum atomic E-state index is -3.33. The zero-order valence-electron chi connectivity index (χ0n) is 17.3. The third-order valence-corrected chi connectivity index (χ3v) is 8.88. The number of rotatable bonds is 8. The fraction of sp³-hybridized carbons (Fsp3) is 0.455. The van der Waals surface area contributed by atoms with Crippen LogP contribution in [0.3, 0.4) is 0 Å². The molecule has 1 amide bonds. The van der Waals surface area contributed by atoms with Crippen LogP contribution in [-0.4, -0.2) is 41.4 Å². The largest absolute Gasteiger partial charge is 0.393 e. The van der Waals surface area contributed by atoms with E-state index in [0.717, 1.165) is 25.7 Å². The number of aliphatic hydroxyl groups excluding tert-OH is 2. The molecule has 1 atom stereocenters. The van der Waals surface area contributed by atoms with Crippen molar-refractivity contribution in [3.63, 3.8) is 0 Å². The summed E-state index contributed by atoms with van der Waals surface area (Å²) in [4.78, 5) is 17.2. The van der Waals surface area contributed by atoms with Crippen molar-refractivity contribution >= 4 is 37.8 Å². The van der Waals surface area contributed by atoms with E-state index in [2.05, 4.69) is 10.3 Å². The van der Waals surface area contributed by atoms with E-state index in [1.54, 1.807) is 12.1 Å². The zero-order valence-corrected chi connectivity index (χ0v) is 19.0. The highest BCUT2D eigenvalue weighted by atomic mass is 32.2. The minimum absolute atomic E-state index is 0.0275. The van der Waals surface area contributed by atoms with E-state index in [-0.39, 0.29) is 26.9 Å². The molecule has 4 rings (SSSR count). The maximum absolute atomic E-state index is 14.0. The summed E-state index contributed by atoms with van der Waals surface area (Å²) in [7, 11) is -3.33. The van der Waals surface area contributed by atoms with Crippen LogP contribution in [-0.2, 0) is 14.6 Å². The molecule has 2 aliphatic carbocycles. The van der Waals surface area contributed by atoms with Crippen molar-refractivity contribution in [2.24, 2.45) is 5.92 Å². The fourth-order valence-corrected chi connectivity index (χ4v) is 6.28. The van der Waals surface area contributed by atoms with Crippen molar-refractivity contribution in [2.75, 3.05) is 11.9 Å². The SMILES string of the molecule is O=C(Nc1nc(C(O)CO)c(F)s1)/C(=C/C1CCCC1)c1ccc(S(=O)(=O)C2CC2)cc1. The smallest absolute Gasteiger partial charge is 0.257 e. The molecule has 3 N–H and O–H groups in total. The summed E-state index contributed by atoms with van der Waals surface area (Å²) in [6, 6.07) is 6.30. The molecule has 2 aliphatic rings. The highest BCUT2D eigenvalue weighted by Gasteiger charge is 2.36. The molecule has 7 nitrogen and oxygen atoms in total. The van der Waals surface area contributed by atoms with Gasteiger partial charge in [-0.2, -0.15) is 4.39 Å². The zero-order chi connectivity index (χ0) is 22.9. The molecule has 32 heavy (non-hydrogen) atoms. The number of thiazole rings is 1. The Balaban J connectivity index is 1.60. The number of anilines is 1. The number of aromatic nitrogens is 1. The Labute approximate surface area is 189 Å². The summed E-state index contributed by atoms with van der Waals surface area (Å²) in [5.74, 6) is -0.265. The first-order chi connectivity index (χ1) is 15.3. The van der Waals surface area contributed by atoms with Crippen LogP contribution in [0.1, 0.15) is 55.9 Å². The number of carbonyl (C=O) groups is 1. The van der Waals surface area contributed by atoms with Gasteiger partial charge in [0.25, 0.3) is 5.91 Å². The van der Waals surface area contributed by atoms with Crippen LogP contribution >= 0.6 is 11.3 Å². The second-order valence-electron chi connectivity index (χ2n) is 8.22. The molecule has 2 fully saturated rings. The number of carbonyl (C=O) groups excluding carboxylic acids is 1. The third kappa shape index (κ3) is 4.93.